The van der Waals surface area contributed by atoms with Crippen molar-refractivity contribution in [3.8, 4) is 5.75 Å². The van der Waals surface area contributed by atoms with Gasteiger partial charge in [-0.3, -0.25) is 9.78 Å². The maximum Gasteiger partial charge on any atom is 0.280 e. The Labute approximate surface area is 186 Å². The minimum absolute atomic E-state index is 0.0182. The van der Waals surface area contributed by atoms with E-state index in [0.717, 1.165) is 36.6 Å². The molecule has 0 spiro atoms. The third-order valence-electron chi connectivity index (χ3n) is 6.29. The van der Waals surface area contributed by atoms with Crippen LogP contribution in [0.2, 0.25) is 0 Å². The van der Waals surface area contributed by atoms with Crippen LogP contribution >= 0.6 is 0 Å². The van der Waals surface area contributed by atoms with Gasteiger partial charge in [0.25, 0.3) is 6.43 Å². The number of fused-ring (bicyclic) bond motifs is 1. The lowest BCUT2D eigenvalue weighted by atomic mass is 9.73. The molecule has 0 saturated heterocycles. The number of nitrogens with zero attached hydrogens (tertiary/aromatic N) is 4. The summed E-state index contributed by atoms with van der Waals surface area (Å²) < 4.78 is 30.9. The van der Waals surface area contributed by atoms with Gasteiger partial charge in [0.1, 0.15) is 29.0 Å². The van der Waals surface area contributed by atoms with E-state index in [9.17, 15) is 13.6 Å². The van der Waals surface area contributed by atoms with Gasteiger partial charge in [-0.2, -0.15) is 0 Å². The number of carbonyl (C=O) groups is 1. The van der Waals surface area contributed by atoms with Gasteiger partial charge in [0.05, 0.1) is 18.5 Å². The summed E-state index contributed by atoms with van der Waals surface area (Å²) >= 11 is 0. The Bertz CT molecular complexity index is 977. The summed E-state index contributed by atoms with van der Waals surface area (Å²) in [4.78, 5) is 27.6. The van der Waals surface area contributed by atoms with Crippen LogP contribution in [0.5, 0.6) is 5.75 Å². The highest BCUT2D eigenvalue weighted by Gasteiger charge is 2.36. The van der Waals surface area contributed by atoms with Crippen molar-refractivity contribution in [2.75, 3.05) is 23.9 Å². The number of pyridine rings is 1. The van der Waals surface area contributed by atoms with Crippen LogP contribution in [-0.4, -0.2) is 40.6 Å². The number of likely N-dealkylation sites (N-methyl/N-ethyl adjacent to an activating group) is 1. The van der Waals surface area contributed by atoms with Crippen molar-refractivity contribution in [1.29, 1.82) is 0 Å². The molecule has 9 heteroatoms. The first-order chi connectivity index (χ1) is 15.2. The molecule has 2 aromatic rings. The smallest absolute Gasteiger partial charge is 0.280 e. The largest absolute Gasteiger partial charge is 0.492 e. The molecule has 1 amide bonds. The van der Waals surface area contributed by atoms with Crippen molar-refractivity contribution in [2.45, 2.75) is 52.5 Å². The number of hydrogen-bond acceptors (Lipinski definition) is 6. The lowest BCUT2D eigenvalue weighted by molar-refractivity contribution is -0.118. The third-order valence-corrected chi connectivity index (χ3v) is 6.29. The maximum absolute atomic E-state index is 12.6. The van der Waals surface area contributed by atoms with E-state index < -0.39 is 6.43 Å². The van der Waals surface area contributed by atoms with Crippen LogP contribution in [0.1, 0.15) is 50.3 Å². The SMILES string of the molecule is Cc1nc(CC2CC(COc3ccc(C(F)F)nc3)C2)nc2c1NC(=O)[C@H](C(C)C)N2C. The first kappa shape index (κ1) is 22.4. The Morgan fingerprint density at radius 2 is 1.97 bits per heavy atom. The summed E-state index contributed by atoms with van der Waals surface area (Å²) in [6.07, 6.45) is 1.56. The molecule has 2 aliphatic rings. The van der Waals surface area contributed by atoms with Crippen LogP contribution < -0.4 is 15.0 Å². The van der Waals surface area contributed by atoms with Crippen molar-refractivity contribution in [3.05, 3.63) is 35.5 Å². The first-order valence-electron chi connectivity index (χ1n) is 11.0. The highest BCUT2D eigenvalue weighted by Crippen LogP contribution is 2.38. The highest BCUT2D eigenvalue weighted by atomic mass is 19.3. The van der Waals surface area contributed by atoms with Gasteiger partial charge in [-0.1, -0.05) is 13.8 Å². The van der Waals surface area contributed by atoms with Gasteiger partial charge in [0, 0.05) is 13.5 Å². The van der Waals surface area contributed by atoms with Crippen LogP contribution in [0.4, 0.5) is 20.3 Å². The number of hydrogen-bond donors (Lipinski definition) is 1. The molecule has 1 saturated carbocycles. The van der Waals surface area contributed by atoms with Gasteiger partial charge < -0.3 is 15.0 Å². The second kappa shape index (κ2) is 8.96. The van der Waals surface area contributed by atoms with Gasteiger partial charge in [0.15, 0.2) is 5.82 Å². The molecule has 7 nitrogen and oxygen atoms in total. The topological polar surface area (TPSA) is 80.2 Å². The number of alkyl halides is 2. The Kier molecular flexibility index (Phi) is 6.26. The van der Waals surface area contributed by atoms with E-state index in [0.29, 0.717) is 29.9 Å². The molecule has 172 valence electrons. The lowest BCUT2D eigenvalue weighted by Gasteiger charge is -2.38. The second-order valence-electron chi connectivity index (χ2n) is 9.15. The number of aryl methyl sites for hydroxylation is 1. The van der Waals surface area contributed by atoms with E-state index in [1.165, 1.54) is 18.3 Å². The fourth-order valence-corrected chi connectivity index (χ4v) is 4.62. The average Bonchev–Trinajstić information content (AvgIpc) is 2.70. The standard InChI is InChI=1S/C23H29F2N5O2/c1-12(2)20-23(31)29-19-13(3)27-18(28-22(19)30(20)4)9-14-7-15(8-14)11-32-16-5-6-17(21(24)25)26-10-16/h5-6,10,12,14-15,20-21H,7-9,11H2,1-4H3,(H,29,31)/t14?,15?,20-/m0/s1. The minimum atomic E-state index is -2.57. The van der Waals surface area contributed by atoms with Crippen molar-refractivity contribution >= 4 is 17.4 Å². The Balaban J connectivity index is 1.32. The fraction of sp³-hybridized carbons (Fsp3) is 0.565. The van der Waals surface area contributed by atoms with E-state index in [2.05, 4.69) is 15.3 Å². The van der Waals surface area contributed by atoms with Gasteiger partial charge in [-0.15, -0.1) is 0 Å². The molecule has 0 bridgehead atoms. The predicted molar refractivity (Wildman–Crippen MR) is 117 cm³/mol. The Hall–Kier alpha value is -2.84. The minimum Gasteiger partial charge on any atom is -0.492 e. The molecule has 1 aliphatic heterocycles. The lowest BCUT2D eigenvalue weighted by Crippen LogP contribution is -2.49. The Morgan fingerprint density at radius 3 is 2.59 bits per heavy atom. The van der Waals surface area contributed by atoms with Crippen LogP contribution in [-0.2, 0) is 11.2 Å². The molecular formula is C23H29F2N5O2. The molecule has 2 aromatic heterocycles. The zero-order chi connectivity index (χ0) is 23.0. The molecule has 0 aromatic carbocycles. The molecule has 1 N–H and O–H groups in total. The van der Waals surface area contributed by atoms with E-state index in [1.807, 2.05) is 32.7 Å². The number of amides is 1. The van der Waals surface area contributed by atoms with Crippen LogP contribution in [0, 0.1) is 24.7 Å². The summed E-state index contributed by atoms with van der Waals surface area (Å²) in [7, 11) is 1.91. The molecular weight excluding hydrogens is 416 g/mol. The maximum atomic E-state index is 12.6. The summed E-state index contributed by atoms with van der Waals surface area (Å²) in [5.41, 5.74) is 1.24. The number of rotatable bonds is 7. The van der Waals surface area contributed by atoms with Crippen LogP contribution in [0.15, 0.2) is 18.3 Å². The van der Waals surface area contributed by atoms with E-state index in [1.54, 1.807) is 0 Å². The summed E-state index contributed by atoms with van der Waals surface area (Å²) in [5.74, 6) is 3.13. The zero-order valence-electron chi connectivity index (χ0n) is 18.8. The fourth-order valence-electron chi connectivity index (χ4n) is 4.62. The van der Waals surface area contributed by atoms with Crippen LogP contribution in [0.3, 0.4) is 0 Å². The molecule has 32 heavy (non-hydrogen) atoms. The van der Waals surface area contributed by atoms with Gasteiger partial charge >= 0.3 is 0 Å². The summed E-state index contributed by atoms with van der Waals surface area (Å²) in [6.45, 7) is 6.50. The zero-order valence-corrected chi connectivity index (χ0v) is 18.8. The second-order valence-corrected chi connectivity index (χ2v) is 9.15. The monoisotopic (exact) mass is 445 g/mol. The summed E-state index contributed by atoms with van der Waals surface area (Å²) in [5, 5.41) is 2.98. The van der Waals surface area contributed by atoms with Gasteiger partial charge in [0.2, 0.25) is 5.91 Å². The van der Waals surface area contributed by atoms with Crippen molar-refractivity contribution < 1.29 is 18.3 Å². The van der Waals surface area contributed by atoms with Crippen molar-refractivity contribution in [2.24, 2.45) is 17.8 Å². The summed E-state index contributed by atoms with van der Waals surface area (Å²) in [6, 6.07) is 2.58. The highest BCUT2D eigenvalue weighted by molar-refractivity contribution is 6.03. The number of carbonyl (C=O) groups excluding carboxylic acids is 1. The van der Waals surface area contributed by atoms with E-state index in [-0.39, 0.29) is 23.6 Å². The molecule has 3 heterocycles. The average molecular weight is 446 g/mol. The predicted octanol–water partition coefficient (Wildman–Crippen LogP) is 4.18. The van der Waals surface area contributed by atoms with E-state index >= 15 is 0 Å². The Morgan fingerprint density at radius 1 is 1.22 bits per heavy atom. The number of nitrogens with one attached hydrogen (secondary N) is 1. The number of anilines is 2. The number of ether oxygens (including phenoxy) is 1. The quantitative estimate of drug-likeness (QED) is 0.689. The normalized spacial score (nSPS) is 22.6. The van der Waals surface area contributed by atoms with Crippen molar-refractivity contribution in [1.82, 2.24) is 15.0 Å². The van der Waals surface area contributed by atoms with Gasteiger partial charge in [-0.05, 0) is 49.7 Å². The molecule has 1 fully saturated rings. The molecule has 0 radical (unpaired) electrons. The molecule has 0 unspecified atom stereocenters. The molecule has 1 aliphatic carbocycles. The first-order valence-corrected chi connectivity index (χ1v) is 11.0. The van der Waals surface area contributed by atoms with E-state index in [4.69, 9.17) is 9.72 Å². The van der Waals surface area contributed by atoms with Crippen LogP contribution in [0.25, 0.3) is 0 Å². The number of halogens is 2. The van der Waals surface area contributed by atoms with Gasteiger partial charge in [-0.25, -0.2) is 18.7 Å². The molecule has 1 atom stereocenters. The number of aromatic nitrogens is 3. The van der Waals surface area contributed by atoms with Crippen molar-refractivity contribution in [3.63, 3.8) is 0 Å². The molecule has 4 rings (SSSR count). The third kappa shape index (κ3) is 4.52.